The minimum atomic E-state index is 0.933. The molecule has 0 aliphatic heterocycles. The Labute approximate surface area is 91.3 Å². The second-order valence-electron chi connectivity index (χ2n) is 2.71. The smallest absolute Gasteiger partial charge is 0.137 e. The number of hydrogen-bond donors (Lipinski definition) is 0. The van der Waals surface area contributed by atoms with E-state index in [-0.39, 0.29) is 0 Å². The molecule has 1 nitrogen and oxygen atoms in total. The topological polar surface area (TPSA) is 9.23 Å². The molecule has 0 unspecified atom stereocenters. The van der Waals surface area contributed by atoms with Crippen LogP contribution in [0.1, 0.15) is 9.75 Å². The zero-order valence-corrected chi connectivity index (χ0v) is 9.40. The van der Waals surface area contributed by atoms with Gasteiger partial charge in [0, 0.05) is 4.88 Å². The van der Waals surface area contributed by atoms with Crippen molar-refractivity contribution in [3.63, 3.8) is 0 Å². The van der Waals surface area contributed by atoms with Crippen molar-refractivity contribution in [1.82, 2.24) is 0 Å². The number of rotatable bonds is 3. The molecule has 0 saturated carbocycles. The fraction of sp³-hybridized carbons (Fsp3) is 0.0909. The molecule has 0 N–H and O–H groups in total. The average molecular weight is 222 g/mol. The molecule has 0 aliphatic carbocycles. The normalized spacial score (nSPS) is 11.6. The Morgan fingerprint density at radius 2 is 2.00 bits per heavy atom. The first-order valence-electron chi connectivity index (χ1n) is 4.23. The lowest BCUT2D eigenvalue weighted by Crippen LogP contribution is -1.81. The lowest BCUT2D eigenvalue weighted by atomic mass is 10.3. The van der Waals surface area contributed by atoms with Gasteiger partial charge in [-0.05, 0) is 29.0 Å². The van der Waals surface area contributed by atoms with Gasteiger partial charge in [0.2, 0.25) is 0 Å². The van der Waals surface area contributed by atoms with Crippen LogP contribution in [0.25, 0.3) is 11.8 Å². The third-order valence-corrected chi connectivity index (χ3v) is 3.50. The molecule has 0 fully saturated rings. The Kier molecular flexibility index (Phi) is 3.01. The molecular formula is C11H10OS2. The van der Waals surface area contributed by atoms with Crippen molar-refractivity contribution in [1.29, 1.82) is 0 Å². The molecule has 0 radical (unpaired) electrons. The second kappa shape index (κ2) is 4.44. The molecule has 0 atom stereocenters. The predicted octanol–water partition coefficient (Wildman–Crippen LogP) is 3.95. The van der Waals surface area contributed by atoms with Crippen molar-refractivity contribution in [3.8, 4) is 0 Å². The Hall–Kier alpha value is -1.06. The van der Waals surface area contributed by atoms with Crippen LogP contribution >= 0.6 is 22.7 Å². The third kappa shape index (κ3) is 2.05. The summed E-state index contributed by atoms with van der Waals surface area (Å²) in [5.41, 5.74) is 0. The van der Waals surface area contributed by atoms with Gasteiger partial charge in [-0.15, -0.1) is 22.7 Å². The summed E-state index contributed by atoms with van der Waals surface area (Å²) in [5.74, 6) is 0.933. The van der Waals surface area contributed by atoms with E-state index in [2.05, 4.69) is 29.0 Å². The third-order valence-electron chi connectivity index (χ3n) is 1.80. The van der Waals surface area contributed by atoms with E-state index < -0.39 is 0 Å². The van der Waals surface area contributed by atoms with Gasteiger partial charge in [-0.2, -0.15) is 0 Å². The van der Waals surface area contributed by atoms with Gasteiger partial charge in [0.05, 0.1) is 12.0 Å². The Balaban J connectivity index is 2.30. The van der Waals surface area contributed by atoms with Crippen molar-refractivity contribution < 1.29 is 4.74 Å². The first-order chi connectivity index (χ1) is 6.90. The maximum absolute atomic E-state index is 5.35. The first kappa shape index (κ1) is 9.49. The van der Waals surface area contributed by atoms with Crippen LogP contribution in [0.3, 0.4) is 0 Å². The van der Waals surface area contributed by atoms with Crippen molar-refractivity contribution in [2.24, 2.45) is 0 Å². The van der Waals surface area contributed by atoms with E-state index in [1.807, 2.05) is 12.1 Å². The van der Waals surface area contributed by atoms with Gasteiger partial charge in [0.1, 0.15) is 5.76 Å². The summed E-state index contributed by atoms with van der Waals surface area (Å²) in [4.78, 5) is 2.39. The number of ether oxygens (including phenoxy) is 1. The molecule has 2 heterocycles. The summed E-state index contributed by atoms with van der Waals surface area (Å²) in [7, 11) is 1.71. The van der Waals surface area contributed by atoms with Gasteiger partial charge >= 0.3 is 0 Å². The molecule has 2 rings (SSSR count). The van der Waals surface area contributed by atoms with Gasteiger partial charge in [-0.25, -0.2) is 0 Å². The molecule has 2 aromatic rings. The van der Waals surface area contributed by atoms with Crippen LogP contribution < -0.4 is 0 Å². The lowest BCUT2D eigenvalue weighted by Gasteiger charge is -2.01. The van der Waals surface area contributed by atoms with Crippen molar-refractivity contribution in [2.45, 2.75) is 0 Å². The molecular weight excluding hydrogens is 212 g/mol. The zero-order valence-electron chi connectivity index (χ0n) is 7.77. The average Bonchev–Trinajstić information content (AvgIpc) is 2.86. The fourth-order valence-corrected chi connectivity index (χ4v) is 2.52. The van der Waals surface area contributed by atoms with E-state index in [9.17, 15) is 0 Å². The zero-order chi connectivity index (χ0) is 9.80. The van der Waals surface area contributed by atoms with Gasteiger partial charge < -0.3 is 4.74 Å². The van der Waals surface area contributed by atoms with Crippen LogP contribution in [0, 0.1) is 0 Å². The minimum Gasteiger partial charge on any atom is -0.495 e. The van der Waals surface area contributed by atoms with Gasteiger partial charge in [-0.1, -0.05) is 12.1 Å². The number of methoxy groups -OCH3 is 1. The molecule has 2 aromatic heterocycles. The van der Waals surface area contributed by atoms with E-state index in [0.29, 0.717) is 0 Å². The summed E-state index contributed by atoms with van der Waals surface area (Å²) in [6.07, 6.45) is 2.07. The monoisotopic (exact) mass is 222 g/mol. The molecule has 0 amide bonds. The molecule has 0 aliphatic rings. The molecule has 72 valence electrons. The predicted molar refractivity (Wildman–Crippen MR) is 63.5 cm³/mol. The van der Waals surface area contributed by atoms with Crippen LogP contribution in [-0.2, 0) is 4.74 Å². The molecule has 14 heavy (non-hydrogen) atoms. The maximum Gasteiger partial charge on any atom is 0.137 e. The van der Waals surface area contributed by atoms with Crippen molar-refractivity contribution in [3.05, 3.63) is 44.8 Å². The quantitative estimate of drug-likeness (QED) is 0.714. The maximum atomic E-state index is 5.35. The van der Waals surface area contributed by atoms with Gasteiger partial charge in [0.15, 0.2) is 0 Å². The van der Waals surface area contributed by atoms with Gasteiger partial charge in [-0.3, -0.25) is 0 Å². The first-order valence-corrected chi connectivity index (χ1v) is 5.99. The SMILES string of the molecule is CO/C(=C\c1cccs1)c1cccs1. The fourth-order valence-electron chi connectivity index (χ4n) is 1.15. The van der Waals surface area contributed by atoms with Crippen LogP contribution in [0.2, 0.25) is 0 Å². The highest BCUT2D eigenvalue weighted by atomic mass is 32.1. The van der Waals surface area contributed by atoms with E-state index in [4.69, 9.17) is 4.74 Å². The summed E-state index contributed by atoms with van der Waals surface area (Å²) in [6, 6.07) is 8.21. The summed E-state index contributed by atoms with van der Waals surface area (Å²) in [6.45, 7) is 0. The standard InChI is InChI=1S/C11H10OS2/c1-12-10(11-5-3-7-14-11)8-9-4-2-6-13-9/h2-8H,1H3/b10-8-. The number of hydrogen-bond acceptors (Lipinski definition) is 3. The Bertz CT molecular complexity index is 398. The Morgan fingerprint density at radius 1 is 1.21 bits per heavy atom. The summed E-state index contributed by atoms with van der Waals surface area (Å²) >= 11 is 3.40. The molecule has 3 heteroatoms. The van der Waals surface area contributed by atoms with E-state index in [1.165, 1.54) is 9.75 Å². The highest BCUT2D eigenvalue weighted by molar-refractivity contribution is 7.11. The Morgan fingerprint density at radius 3 is 2.57 bits per heavy atom. The van der Waals surface area contributed by atoms with E-state index >= 15 is 0 Å². The van der Waals surface area contributed by atoms with E-state index in [1.54, 1.807) is 29.8 Å². The van der Waals surface area contributed by atoms with Crippen LogP contribution in [0.5, 0.6) is 0 Å². The molecule has 0 saturated heterocycles. The lowest BCUT2D eigenvalue weighted by molar-refractivity contribution is 0.374. The highest BCUT2D eigenvalue weighted by Gasteiger charge is 2.02. The van der Waals surface area contributed by atoms with Crippen LogP contribution in [0.15, 0.2) is 35.0 Å². The summed E-state index contributed by atoms with van der Waals surface area (Å²) < 4.78 is 5.35. The van der Waals surface area contributed by atoms with Crippen molar-refractivity contribution in [2.75, 3.05) is 7.11 Å². The molecule has 0 spiro atoms. The minimum absolute atomic E-state index is 0.933. The second-order valence-corrected chi connectivity index (χ2v) is 4.63. The summed E-state index contributed by atoms with van der Waals surface area (Å²) in [5, 5.41) is 4.12. The van der Waals surface area contributed by atoms with Crippen molar-refractivity contribution >= 4 is 34.5 Å². The number of thiophene rings is 2. The molecule has 0 bridgehead atoms. The molecule has 0 aromatic carbocycles. The van der Waals surface area contributed by atoms with E-state index in [0.717, 1.165) is 5.76 Å². The largest absolute Gasteiger partial charge is 0.495 e. The van der Waals surface area contributed by atoms with Crippen LogP contribution in [-0.4, -0.2) is 7.11 Å². The van der Waals surface area contributed by atoms with Gasteiger partial charge in [0.25, 0.3) is 0 Å². The van der Waals surface area contributed by atoms with Crippen LogP contribution in [0.4, 0.5) is 0 Å². The highest BCUT2D eigenvalue weighted by Crippen LogP contribution is 2.24.